The Kier molecular flexibility index (Phi) is 12.8. The van der Waals surface area contributed by atoms with E-state index in [-0.39, 0.29) is 36.4 Å². The molecule has 8 heteroatoms. The van der Waals surface area contributed by atoms with Crippen molar-refractivity contribution < 1.29 is 14.3 Å². The Hall–Kier alpha value is -1.55. The van der Waals surface area contributed by atoms with Crippen LogP contribution < -0.4 is 10.1 Å². The van der Waals surface area contributed by atoms with Crippen LogP contribution in [-0.4, -0.2) is 82.8 Å². The topological polar surface area (TPSA) is 66.4 Å². The lowest BCUT2D eigenvalue weighted by Crippen LogP contribution is -2.42. The molecule has 0 heterocycles. The van der Waals surface area contributed by atoms with Crippen LogP contribution in [0.1, 0.15) is 5.56 Å². The number of aliphatic imine (C=N–C) groups is 1. The van der Waals surface area contributed by atoms with Gasteiger partial charge in [-0.25, -0.2) is 4.99 Å². The Morgan fingerprint density at radius 3 is 2.38 bits per heavy atom. The predicted molar refractivity (Wildman–Crippen MR) is 116 cm³/mol. The maximum Gasteiger partial charge on any atom is 0.243 e. The summed E-state index contributed by atoms with van der Waals surface area (Å²) in [6, 6.07) is 7.95. The van der Waals surface area contributed by atoms with Crippen molar-refractivity contribution in [2.45, 2.75) is 6.92 Å². The molecule has 1 amide bonds. The number of amides is 1. The highest BCUT2D eigenvalue weighted by Crippen LogP contribution is 2.11. The van der Waals surface area contributed by atoms with Gasteiger partial charge in [-0.3, -0.25) is 4.79 Å². The second-order valence-electron chi connectivity index (χ2n) is 5.93. The third kappa shape index (κ3) is 9.81. The minimum Gasteiger partial charge on any atom is -0.492 e. The highest BCUT2D eigenvalue weighted by molar-refractivity contribution is 14.0. The van der Waals surface area contributed by atoms with Crippen LogP contribution in [0.5, 0.6) is 5.75 Å². The fourth-order valence-corrected chi connectivity index (χ4v) is 1.90. The zero-order chi connectivity index (χ0) is 18.7. The largest absolute Gasteiger partial charge is 0.492 e. The molecule has 0 radical (unpaired) electrons. The Morgan fingerprint density at radius 1 is 1.15 bits per heavy atom. The van der Waals surface area contributed by atoms with Gasteiger partial charge in [-0.05, 0) is 19.1 Å². The van der Waals surface area contributed by atoms with E-state index in [9.17, 15) is 4.79 Å². The molecular formula is C18H31IN4O3. The van der Waals surface area contributed by atoms with Gasteiger partial charge in [0, 0.05) is 34.8 Å². The van der Waals surface area contributed by atoms with Crippen LogP contribution in [0.3, 0.4) is 0 Å². The molecule has 0 saturated carbocycles. The van der Waals surface area contributed by atoms with Crippen LogP contribution in [0, 0.1) is 6.92 Å². The van der Waals surface area contributed by atoms with Crippen molar-refractivity contribution in [3.63, 3.8) is 0 Å². The molecular weight excluding hydrogens is 447 g/mol. The highest BCUT2D eigenvalue weighted by atomic mass is 127. The number of ether oxygens (including phenoxy) is 2. The number of hydrogen-bond acceptors (Lipinski definition) is 4. The number of carbonyl (C=O) groups is 1. The number of nitrogens with zero attached hydrogens (tertiary/aromatic N) is 3. The van der Waals surface area contributed by atoms with Crippen LogP contribution in [0.4, 0.5) is 0 Å². The van der Waals surface area contributed by atoms with Crippen LogP contribution in [0.25, 0.3) is 0 Å². The Bertz CT molecular complexity index is 550. The molecule has 0 atom stereocenters. The van der Waals surface area contributed by atoms with E-state index >= 15 is 0 Å². The summed E-state index contributed by atoms with van der Waals surface area (Å²) in [5.74, 6) is 1.45. The van der Waals surface area contributed by atoms with Crippen molar-refractivity contribution in [2.75, 3.05) is 61.1 Å². The lowest BCUT2D eigenvalue weighted by molar-refractivity contribution is -0.127. The Labute approximate surface area is 173 Å². The minimum atomic E-state index is -0.0460. The van der Waals surface area contributed by atoms with Crippen molar-refractivity contribution >= 4 is 35.8 Å². The summed E-state index contributed by atoms with van der Waals surface area (Å²) in [5, 5.41) is 3.20. The fourth-order valence-electron chi connectivity index (χ4n) is 1.90. The van der Waals surface area contributed by atoms with Gasteiger partial charge in [0.05, 0.1) is 13.2 Å². The first kappa shape index (κ1) is 24.5. The quantitative estimate of drug-likeness (QED) is 0.253. The summed E-state index contributed by atoms with van der Waals surface area (Å²) < 4.78 is 10.8. The summed E-state index contributed by atoms with van der Waals surface area (Å²) in [5.41, 5.74) is 1.20. The average molecular weight is 478 g/mol. The van der Waals surface area contributed by atoms with Gasteiger partial charge in [0.1, 0.15) is 18.9 Å². The van der Waals surface area contributed by atoms with Crippen molar-refractivity contribution in [3.8, 4) is 5.75 Å². The van der Waals surface area contributed by atoms with Crippen LogP contribution in [0.15, 0.2) is 29.3 Å². The molecule has 0 aliphatic heterocycles. The summed E-state index contributed by atoms with van der Waals surface area (Å²) in [4.78, 5) is 19.6. The molecule has 0 spiro atoms. The number of likely N-dealkylation sites (N-methyl/N-ethyl adjacent to an activating group) is 2. The molecule has 0 aromatic heterocycles. The third-order valence-electron chi connectivity index (χ3n) is 3.53. The average Bonchev–Trinajstić information content (AvgIpc) is 2.59. The molecule has 1 N–H and O–H groups in total. The van der Waals surface area contributed by atoms with Gasteiger partial charge < -0.3 is 24.6 Å². The first-order valence-electron chi connectivity index (χ1n) is 8.32. The zero-order valence-electron chi connectivity index (χ0n) is 16.3. The van der Waals surface area contributed by atoms with Gasteiger partial charge in [0.2, 0.25) is 5.91 Å². The van der Waals surface area contributed by atoms with Crippen LogP contribution in [-0.2, 0) is 9.53 Å². The van der Waals surface area contributed by atoms with E-state index in [1.54, 1.807) is 21.2 Å². The van der Waals surface area contributed by atoms with E-state index in [2.05, 4.69) is 10.3 Å². The summed E-state index contributed by atoms with van der Waals surface area (Å²) in [7, 11) is 6.99. The number of benzene rings is 1. The molecule has 0 bridgehead atoms. The van der Waals surface area contributed by atoms with Crippen molar-refractivity contribution in [3.05, 3.63) is 29.8 Å². The van der Waals surface area contributed by atoms with Gasteiger partial charge in [0.25, 0.3) is 0 Å². The molecule has 0 aliphatic rings. The molecule has 0 saturated heterocycles. The number of carbonyl (C=O) groups excluding carboxylic acids is 1. The smallest absolute Gasteiger partial charge is 0.243 e. The Morgan fingerprint density at radius 2 is 1.81 bits per heavy atom. The maximum atomic E-state index is 11.7. The van der Waals surface area contributed by atoms with E-state index in [0.717, 1.165) is 5.75 Å². The molecule has 0 fully saturated rings. The molecule has 1 rings (SSSR count). The van der Waals surface area contributed by atoms with Gasteiger partial charge in [-0.15, -0.1) is 24.0 Å². The lowest BCUT2D eigenvalue weighted by Gasteiger charge is -2.22. The van der Waals surface area contributed by atoms with Gasteiger partial charge in [0.15, 0.2) is 5.96 Å². The molecule has 1 aromatic rings. The van der Waals surface area contributed by atoms with Gasteiger partial charge >= 0.3 is 0 Å². The fraction of sp³-hybridized carbons (Fsp3) is 0.556. The number of rotatable bonds is 9. The SMILES string of the molecule is COCCNC(=NCC(=O)N(C)C)N(C)CCOc1ccc(C)cc1.I. The standard InChI is InChI=1S/C18H30N4O3.HI/c1-15-6-8-16(9-7-15)25-13-11-22(4)18(19-10-12-24-5)20-14-17(23)21(2)3;/h6-9H,10-14H2,1-5H3,(H,19,20);1H. The number of nitrogens with one attached hydrogen (secondary N) is 1. The number of guanidine groups is 1. The number of hydrogen-bond donors (Lipinski definition) is 1. The van der Waals surface area contributed by atoms with E-state index in [1.807, 2.05) is 43.1 Å². The second-order valence-corrected chi connectivity index (χ2v) is 5.93. The molecule has 1 aromatic carbocycles. The normalized spacial score (nSPS) is 10.7. The lowest BCUT2D eigenvalue weighted by atomic mass is 10.2. The van der Waals surface area contributed by atoms with Gasteiger partial charge in [-0.2, -0.15) is 0 Å². The van der Waals surface area contributed by atoms with Crippen molar-refractivity contribution in [1.82, 2.24) is 15.1 Å². The van der Waals surface area contributed by atoms with Gasteiger partial charge in [-0.1, -0.05) is 17.7 Å². The van der Waals surface area contributed by atoms with Crippen molar-refractivity contribution in [2.24, 2.45) is 4.99 Å². The van der Waals surface area contributed by atoms with E-state index in [0.29, 0.717) is 32.3 Å². The number of halogens is 1. The third-order valence-corrected chi connectivity index (χ3v) is 3.53. The van der Waals surface area contributed by atoms with E-state index < -0.39 is 0 Å². The van der Waals surface area contributed by atoms with Crippen LogP contribution in [0.2, 0.25) is 0 Å². The van der Waals surface area contributed by atoms with E-state index in [1.165, 1.54) is 10.5 Å². The molecule has 26 heavy (non-hydrogen) atoms. The first-order valence-corrected chi connectivity index (χ1v) is 8.32. The maximum absolute atomic E-state index is 11.7. The number of aryl methyl sites for hydroxylation is 1. The van der Waals surface area contributed by atoms with Crippen molar-refractivity contribution in [1.29, 1.82) is 0 Å². The number of methoxy groups -OCH3 is 1. The first-order chi connectivity index (χ1) is 11.9. The zero-order valence-corrected chi connectivity index (χ0v) is 18.6. The molecule has 7 nitrogen and oxygen atoms in total. The predicted octanol–water partition coefficient (Wildman–Crippen LogP) is 1.60. The summed E-state index contributed by atoms with van der Waals surface area (Å²) >= 11 is 0. The second kappa shape index (κ2) is 13.6. The summed E-state index contributed by atoms with van der Waals surface area (Å²) in [6.45, 7) is 4.49. The summed E-state index contributed by atoms with van der Waals surface area (Å²) in [6.07, 6.45) is 0. The monoisotopic (exact) mass is 478 g/mol. The minimum absolute atomic E-state index is 0. The highest BCUT2D eigenvalue weighted by Gasteiger charge is 2.09. The molecule has 0 aliphatic carbocycles. The van der Waals surface area contributed by atoms with Crippen LogP contribution >= 0.6 is 24.0 Å². The molecule has 0 unspecified atom stereocenters. The molecule has 148 valence electrons. The van der Waals surface area contributed by atoms with E-state index in [4.69, 9.17) is 9.47 Å². The Balaban J connectivity index is 0.00000625.